The minimum Gasteiger partial charge on any atom is -0.337 e. The number of halogens is 1. The number of carbonyl (C=O) groups excluding carboxylic acids is 1. The molecular weight excluding hydrogens is 392 g/mol. The quantitative estimate of drug-likeness (QED) is 0.440. The lowest BCUT2D eigenvalue weighted by Crippen LogP contribution is -2.40. The first-order valence-corrected chi connectivity index (χ1v) is 10.4. The van der Waals surface area contributed by atoms with Crippen molar-refractivity contribution in [1.82, 2.24) is 20.2 Å². The molecule has 2 N–H and O–H groups in total. The highest BCUT2D eigenvalue weighted by Gasteiger charge is 2.20. The fourth-order valence-corrected chi connectivity index (χ4v) is 3.65. The van der Waals surface area contributed by atoms with Crippen LogP contribution < -0.4 is 10.6 Å². The fraction of sp³-hybridized carbons (Fsp3) is 0.238. The molecule has 1 atom stereocenters. The molecule has 1 heterocycles. The molecule has 2 amide bonds. The first kappa shape index (κ1) is 20.3. The van der Waals surface area contributed by atoms with E-state index in [0.29, 0.717) is 11.6 Å². The van der Waals surface area contributed by atoms with Crippen LogP contribution >= 0.6 is 23.4 Å². The average Bonchev–Trinajstić information content (AvgIpc) is 3.11. The van der Waals surface area contributed by atoms with Crippen molar-refractivity contribution in [3.63, 3.8) is 0 Å². The molecule has 0 fully saturated rings. The van der Waals surface area contributed by atoms with Gasteiger partial charge in [0, 0.05) is 41.7 Å². The van der Waals surface area contributed by atoms with Gasteiger partial charge in [-0.3, -0.25) is 0 Å². The van der Waals surface area contributed by atoms with E-state index >= 15 is 0 Å². The van der Waals surface area contributed by atoms with Crippen molar-refractivity contribution in [3.8, 4) is 0 Å². The molecule has 5 nitrogen and oxygen atoms in total. The number of benzene rings is 2. The average molecular weight is 415 g/mol. The van der Waals surface area contributed by atoms with Crippen molar-refractivity contribution in [2.24, 2.45) is 7.05 Å². The predicted octanol–water partition coefficient (Wildman–Crippen LogP) is 4.56. The van der Waals surface area contributed by atoms with E-state index < -0.39 is 0 Å². The maximum Gasteiger partial charge on any atom is 0.315 e. The number of hydrogen-bond donors (Lipinski definition) is 2. The van der Waals surface area contributed by atoms with Gasteiger partial charge in [0.2, 0.25) is 0 Å². The molecule has 1 aromatic heterocycles. The predicted molar refractivity (Wildman–Crippen MR) is 115 cm³/mol. The molecule has 146 valence electrons. The van der Waals surface area contributed by atoms with E-state index in [9.17, 15) is 4.79 Å². The molecule has 0 aliphatic rings. The Morgan fingerprint density at radius 1 is 1.18 bits per heavy atom. The minimum atomic E-state index is -0.359. The molecule has 0 aliphatic carbocycles. The van der Waals surface area contributed by atoms with Crippen molar-refractivity contribution in [2.45, 2.75) is 17.9 Å². The Balaban J connectivity index is 1.57. The van der Waals surface area contributed by atoms with E-state index in [1.165, 1.54) is 10.5 Å². The molecular formula is C21H23ClN4OS. The monoisotopic (exact) mass is 414 g/mol. The molecule has 0 saturated heterocycles. The van der Waals surface area contributed by atoms with E-state index in [4.69, 9.17) is 11.6 Å². The third kappa shape index (κ3) is 5.53. The summed E-state index contributed by atoms with van der Waals surface area (Å²) < 4.78 is 1.90. The van der Waals surface area contributed by atoms with Crippen LogP contribution in [0.2, 0.25) is 5.02 Å². The Morgan fingerprint density at radius 2 is 1.89 bits per heavy atom. The second kappa shape index (κ2) is 9.66. The summed E-state index contributed by atoms with van der Waals surface area (Å²) in [5, 5.41) is 6.59. The number of hydrogen-bond acceptors (Lipinski definition) is 3. The highest BCUT2D eigenvalue weighted by Crippen LogP contribution is 2.22. The van der Waals surface area contributed by atoms with Crippen LogP contribution in [0.1, 0.15) is 23.0 Å². The van der Waals surface area contributed by atoms with Crippen LogP contribution in [0.3, 0.4) is 0 Å². The van der Waals surface area contributed by atoms with E-state index in [2.05, 4.69) is 46.8 Å². The van der Waals surface area contributed by atoms with Crippen LogP contribution in [0, 0.1) is 6.92 Å². The van der Waals surface area contributed by atoms with Crippen molar-refractivity contribution < 1.29 is 4.79 Å². The number of nitrogens with one attached hydrogen (secondary N) is 2. The Hall–Kier alpha value is -2.44. The first-order valence-electron chi connectivity index (χ1n) is 8.99. The van der Waals surface area contributed by atoms with Crippen molar-refractivity contribution in [1.29, 1.82) is 0 Å². The number of urea groups is 1. The number of carbonyl (C=O) groups is 1. The smallest absolute Gasteiger partial charge is 0.315 e. The van der Waals surface area contributed by atoms with Crippen LogP contribution in [-0.4, -0.2) is 27.9 Å². The van der Waals surface area contributed by atoms with Gasteiger partial charge < -0.3 is 15.2 Å². The summed E-state index contributed by atoms with van der Waals surface area (Å²) in [6.45, 7) is 2.64. The highest BCUT2D eigenvalue weighted by atomic mass is 35.5. The van der Waals surface area contributed by atoms with Gasteiger partial charge in [-0.1, -0.05) is 41.4 Å². The molecule has 0 aliphatic heterocycles. The summed E-state index contributed by atoms with van der Waals surface area (Å²) in [6.07, 6.45) is 3.58. The van der Waals surface area contributed by atoms with Crippen LogP contribution in [0.25, 0.3) is 0 Å². The van der Waals surface area contributed by atoms with Crippen molar-refractivity contribution >= 4 is 29.4 Å². The highest BCUT2D eigenvalue weighted by molar-refractivity contribution is 7.99. The van der Waals surface area contributed by atoms with E-state index in [1.54, 1.807) is 18.0 Å². The lowest BCUT2D eigenvalue weighted by atomic mass is 10.1. The van der Waals surface area contributed by atoms with Gasteiger partial charge in [0.05, 0.1) is 0 Å². The molecule has 0 radical (unpaired) electrons. The van der Waals surface area contributed by atoms with E-state index in [0.717, 1.165) is 17.1 Å². The number of aryl methyl sites for hydroxylation is 2. The first-order chi connectivity index (χ1) is 13.5. The summed E-state index contributed by atoms with van der Waals surface area (Å²) in [5.74, 6) is 1.55. The summed E-state index contributed by atoms with van der Waals surface area (Å²) >= 11 is 7.71. The number of rotatable bonds is 7. The summed E-state index contributed by atoms with van der Waals surface area (Å²) in [6, 6.07) is 15.2. The van der Waals surface area contributed by atoms with Crippen LogP contribution in [0.15, 0.2) is 65.8 Å². The zero-order chi connectivity index (χ0) is 19.9. The number of nitrogens with zero attached hydrogens (tertiary/aromatic N) is 2. The number of amides is 2. The molecule has 7 heteroatoms. The largest absolute Gasteiger partial charge is 0.337 e. The van der Waals surface area contributed by atoms with Gasteiger partial charge in [-0.25, -0.2) is 9.78 Å². The number of imidazole rings is 1. The molecule has 3 aromatic rings. The van der Waals surface area contributed by atoms with Gasteiger partial charge in [0.25, 0.3) is 0 Å². The number of thioether (sulfide) groups is 1. The van der Waals surface area contributed by atoms with Gasteiger partial charge in [-0.2, -0.15) is 0 Å². The Kier molecular flexibility index (Phi) is 7.01. The molecule has 3 rings (SSSR count). The Bertz CT molecular complexity index is 909. The Morgan fingerprint density at radius 3 is 2.54 bits per heavy atom. The lowest BCUT2D eigenvalue weighted by Gasteiger charge is -2.19. The lowest BCUT2D eigenvalue weighted by molar-refractivity contribution is 0.238. The van der Waals surface area contributed by atoms with Crippen LogP contribution in [0.5, 0.6) is 0 Å². The van der Waals surface area contributed by atoms with Gasteiger partial charge in [-0.15, -0.1) is 11.8 Å². The second-order valence-corrected chi connectivity index (χ2v) is 8.05. The third-order valence-corrected chi connectivity index (χ3v) is 5.54. The minimum absolute atomic E-state index is 0.229. The van der Waals surface area contributed by atoms with E-state index in [-0.39, 0.29) is 12.1 Å². The van der Waals surface area contributed by atoms with Gasteiger partial charge in [-0.05, 0) is 36.8 Å². The molecule has 2 aromatic carbocycles. The zero-order valence-electron chi connectivity index (χ0n) is 15.9. The van der Waals surface area contributed by atoms with Crippen molar-refractivity contribution in [3.05, 3.63) is 82.9 Å². The molecule has 0 unspecified atom stereocenters. The molecule has 28 heavy (non-hydrogen) atoms. The maximum atomic E-state index is 12.5. The van der Waals surface area contributed by atoms with Crippen LogP contribution in [-0.2, 0) is 7.05 Å². The van der Waals surface area contributed by atoms with Gasteiger partial charge in [0.15, 0.2) is 0 Å². The van der Waals surface area contributed by atoms with Gasteiger partial charge >= 0.3 is 6.03 Å². The molecule has 0 spiro atoms. The normalized spacial score (nSPS) is 11.8. The number of aromatic nitrogens is 2. The summed E-state index contributed by atoms with van der Waals surface area (Å²) in [5.41, 5.74) is 2.16. The summed E-state index contributed by atoms with van der Waals surface area (Å²) in [7, 11) is 1.91. The summed E-state index contributed by atoms with van der Waals surface area (Å²) in [4.78, 5) is 18.1. The van der Waals surface area contributed by atoms with Crippen molar-refractivity contribution in [2.75, 3.05) is 12.3 Å². The fourth-order valence-electron chi connectivity index (χ4n) is 2.76. The second-order valence-electron chi connectivity index (χ2n) is 6.44. The SMILES string of the molecule is Cc1ccc(SCCNC(=O)N[C@H](c2ccc(Cl)cc2)c2nccn2C)cc1. The van der Waals surface area contributed by atoms with Gasteiger partial charge in [0.1, 0.15) is 11.9 Å². The maximum absolute atomic E-state index is 12.5. The zero-order valence-corrected chi connectivity index (χ0v) is 17.4. The van der Waals surface area contributed by atoms with Crippen LogP contribution in [0.4, 0.5) is 4.79 Å². The standard InChI is InChI=1S/C21H23ClN4OS/c1-15-3-9-18(10-4-15)28-14-12-24-21(27)25-19(20-23-11-13-26(20)2)16-5-7-17(22)8-6-16/h3-11,13,19H,12,14H2,1-2H3,(H2,24,25,27)/t19-/m1/s1. The topological polar surface area (TPSA) is 59.0 Å². The molecule has 0 saturated carbocycles. The van der Waals surface area contributed by atoms with E-state index in [1.807, 2.05) is 42.1 Å². The third-order valence-electron chi connectivity index (χ3n) is 4.27. The molecule has 0 bridgehead atoms. The Labute approximate surface area is 174 Å².